The highest BCUT2D eigenvalue weighted by molar-refractivity contribution is 5.35. The minimum atomic E-state index is -0.554. The van der Waals surface area contributed by atoms with Gasteiger partial charge in [0.05, 0.1) is 6.54 Å². The van der Waals surface area contributed by atoms with Crippen molar-refractivity contribution in [1.82, 2.24) is 5.32 Å². The lowest BCUT2D eigenvalue weighted by molar-refractivity contribution is 0.105. The fourth-order valence-electron chi connectivity index (χ4n) is 2.15. The number of benzene rings is 1. The van der Waals surface area contributed by atoms with Gasteiger partial charge in [0.1, 0.15) is 30.0 Å². The Hall–Kier alpha value is -1.78. The second-order valence-electron chi connectivity index (χ2n) is 5.38. The van der Waals surface area contributed by atoms with Crippen molar-refractivity contribution in [2.45, 2.75) is 33.4 Å². The Morgan fingerprint density at radius 2 is 2.00 bits per heavy atom. The third kappa shape index (κ3) is 4.92. The molecule has 2 aromatic rings. The van der Waals surface area contributed by atoms with E-state index in [9.17, 15) is 5.11 Å². The molecule has 0 amide bonds. The summed E-state index contributed by atoms with van der Waals surface area (Å²) in [5.74, 6) is 2.59. The number of aliphatic hydroxyl groups is 1. The molecule has 4 heteroatoms. The van der Waals surface area contributed by atoms with Crippen molar-refractivity contribution in [3.63, 3.8) is 0 Å². The SMILES string of the molecule is Cc1ccc(OCC(O)CNCc2ccc(C)o2)c(C)c1. The van der Waals surface area contributed by atoms with E-state index in [2.05, 4.69) is 11.4 Å². The fourth-order valence-corrected chi connectivity index (χ4v) is 2.15. The monoisotopic (exact) mass is 289 g/mol. The zero-order valence-corrected chi connectivity index (χ0v) is 12.8. The first kappa shape index (κ1) is 15.6. The second kappa shape index (κ2) is 7.29. The molecule has 0 saturated heterocycles. The van der Waals surface area contributed by atoms with Gasteiger partial charge in [0, 0.05) is 6.54 Å². The van der Waals surface area contributed by atoms with E-state index < -0.39 is 6.10 Å². The number of aryl methyl sites for hydroxylation is 3. The van der Waals surface area contributed by atoms with Crippen LogP contribution >= 0.6 is 0 Å². The fraction of sp³-hybridized carbons (Fsp3) is 0.412. The lowest BCUT2D eigenvalue weighted by Crippen LogP contribution is -2.31. The molecule has 2 rings (SSSR count). The topological polar surface area (TPSA) is 54.6 Å². The first-order valence-corrected chi connectivity index (χ1v) is 7.19. The zero-order chi connectivity index (χ0) is 15.2. The average molecular weight is 289 g/mol. The Morgan fingerprint density at radius 1 is 1.19 bits per heavy atom. The van der Waals surface area contributed by atoms with Gasteiger partial charge in [0.25, 0.3) is 0 Å². The van der Waals surface area contributed by atoms with Crippen LogP contribution < -0.4 is 10.1 Å². The molecule has 0 saturated carbocycles. The third-order valence-electron chi connectivity index (χ3n) is 3.24. The Bertz CT molecular complexity index is 577. The van der Waals surface area contributed by atoms with Crippen LogP contribution in [0.4, 0.5) is 0 Å². The van der Waals surface area contributed by atoms with E-state index in [1.54, 1.807) is 0 Å². The molecule has 0 radical (unpaired) electrons. The van der Waals surface area contributed by atoms with Crippen LogP contribution in [0.5, 0.6) is 5.75 Å². The highest BCUT2D eigenvalue weighted by Gasteiger charge is 2.07. The van der Waals surface area contributed by atoms with Gasteiger partial charge in [-0.3, -0.25) is 0 Å². The van der Waals surface area contributed by atoms with Crippen molar-refractivity contribution in [2.24, 2.45) is 0 Å². The van der Waals surface area contributed by atoms with Crippen LogP contribution in [0, 0.1) is 20.8 Å². The maximum atomic E-state index is 9.92. The summed E-state index contributed by atoms with van der Waals surface area (Å²) >= 11 is 0. The van der Waals surface area contributed by atoms with Crippen molar-refractivity contribution in [1.29, 1.82) is 0 Å². The summed E-state index contributed by atoms with van der Waals surface area (Å²) in [5, 5.41) is 13.1. The molecule has 21 heavy (non-hydrogen) atoms. The predicted octanol–water partition coefficient (Wildman–Crippen LogP) is 2.73. The number of furan rings is 1. The van der Waals surface area contributed by atoms with Gasteiger partial charge in [0.2, 0.25) is 0 Å². The molecule has 2 N–H and O–H groups in total. The molecule has 0 aliphatic carbocycles. The van der Waals surface area contributed by atoms with E-state index >= 15 is 0 Å². The Balaban J connectivity index is 1.70. The van der Waals surface area contributed by atoms with Gasteiger partial charge in [-0.05, 0) is 44.5 Å². The summed E-state index contributed by atoms with van der Waals surface area (Å²) in [6, 6.07) is 9.87. The maximum Gasteiger partial charge on any atom is 0.122 e. The molecule has 4 nitrogen and oxygen atoms in total. The summed E-state index contributed by atoms with van der Waals surface area (Å²) in [7, 11) is 0. The molecule has 0 aliphatic rings. The molecule has 1 aromatic heterocycles. The van der Waals surface area contributed by atoms with Gasteiger partial charge in [0.15, 0.2) is 0 Å². The standard InChI is InChI=1S/C17H23NO3/c1-12-4-7-17(13(2)8-12)20-11-15(19)9-18-10-16-6-5-14(3)21-16/h4-8,15,18-19H,9-11H2,1-3H3. The minimum Gasteiger partial charge on any atom is -0.491 e. The maximum absolute atomic E-state index is 9.92. The molecule has 0 fully saturated rings. The summed E-state index contributed by atoms with van der Waals surface area (Å²) < 4.78 is 11.1. The lowest BCUT2D eigenvalue weighted by Gasteiger charge is -2.14. The first-order chi connectivity index (χ1) is 10.0. The third-order valence-corrected chi connectivity index (χ3v) is 3.24. The van der Waals surface area contributed by atoms with Crippen molar-refractivity contribution < 1.29 is 14.3 Å². The van der Waals surface area contributed by atoms with Crippen LogP contribution in [0.25, 0.3) is 0 Å². The molecule has 0 aliphatic heterocycles. The molecule has 1 atom stereocenters. The molecule has 1 aromatic carbocycles. The van der Waals surface area contributed by atoms with Crippen molar-refractivity contribution in [3.8, 4) is 5.75 Å². The summed E-state index contributed by atoms with van der Waals surface area (Å²) in [5.41, 5.74) is 2.29. The molecule has 1 heterocycles. The van der Waals surface area contributed by atoms with Crippen LogP contribution in [0.15, 0.2) is 34.7 Å². The number of ether oxygens (including phenoxy) is 1. The Morgan fingerprint density at radius 3 is 2.67 bits per heavy atom. The van der Waals surface area contributed by atoms with Crippen LogP contribution in [-0.4, -0.2) is 24.4 Å². The Labute approximate surface area is 125 Å². The van der Waals surface area contributed by atoms with Crippen LogP contribution in [-0.2, 0) is 6.54 Å². The van der Waals surface area contributed by atoms with Gasteiger partial charge < -0.3 is 19.6 Å². The summed E-state index contributed by atoms with van der Waals surface area (Å²) in [6.07, 6.45) is -0.554. The van der Waals surface area contributed by atoms with Gasteiger partial charge in [-0.15, -0.1) is 0 Å². The van der Waals surface area contributed by atoms with Gasteiger partial charge in [-0.1, -0.05) is 17.7 Å². The van der Waals surface area contributed by atoms with Crippen molar-refractivity contribution in [2.75, 3.05) is 13.2 Å². The number of aliphatic hydroxyl groups excluding tert-OH is 1. The largest absolute Gasteiger partial charge is 0.491 e. The molecule has 1 unspecified atom stereocenters. The van der Waals surface area contributed by atoms with E-state index in [4.69, 9.17) is 9.15 Å². The molecule has 0 spiro atoms. The second-order valence-corrected chi connectivity index (χ2v) is 5.38. The van der Waals surface area contributed by atoms with E-state index in [1.165, 1.54) is 5.56 Å². The summed E-state index contributed by atoms with van der Waals surface area (Å²) in [6.45, 7) is 7.31. The van der Waals surface area contributed by atoms with Gasteiger partial charge >= 0.3 is 0 Å². The normalized spacial score (nSPS) is 12.4. The molecule has 114 valence electrons. The zero-order valence-electron chi connectivity index (χ0n) is 12.8. The number of hydrogen-bond acceptors (Lipinski definition) is 4. The summed E-state index contributed by atoms with van der Waals surface area (Å²) in [4.78, 5) is 0. The Kier molecular flexibility index (Phi) is 5.42. The van der Waals surface area contributed by atoms with E-state index in [1.807, 2.05) is 45.0 Å². The number of hydrogen-bond donors (Lipinski definition) is 2. The van der Waals surface area contributed by atoms with Crippen LogP contribution in [0.2, 0.25) is 0 Å². The van der Waals surface area contributed by atoms with E-state index in [-0.39, 0.29) is 6.61 Å². The molecular weight excluding hydrogens is 266 g/mol. The first-order valence-electron chi connectivity index (χ1n) is 7.19. The number of nitrogens with one attached hydrogen (secondary N) is 1. The van der Waals surface area contributed by atoms with E-state index in [0.29, 0.717) is 13.1 Å². The van der Waals surface area contributed by atoms with Crippen molar-refractivity contribution >= 4 is 0 Å². The van der Waals surface area contributed by atoms with Crippen molar-refractivity contribution in [3.05, 3.63) is 53.0 Å². The average Bonchev–Trinajstić information content (AvgIpc) is 2.83. The highest BCUT2D eigenvalue weighted by Crippen LogP contribution is 2.18. The van der Waals surface area contributed by atoms with Crippen LogP contribution in [0.1, 0.15) is 22.6 Å². The minimum absolute atomic E-state index is 0.272. The molecular formula is C17H23NO3. The van der Waals surface area contributed by atoms with Gasteiger partial charge in [-0.2, -0.15) is 0 Å². The number of rotatable bonds is 7. The smallest absolute Gasteiger partial charge is 0.122 e. The predicted molar refractivity (Wildman–Crippen MR) is 82.6 cm³/mol. The van der Waals surface area contributed by atoms with Crippen LogP contribution in [0.3, 0.4) is 0 Å². The lowest BCUT2D eigenvalue weighted by atomic mass is 10.1. The van der Waals surface area contributed by atoms with E-state index in [0.717, 1.165) is 22.8 Å². The van der Waals surface area contributed by atoms with Gasteiger partial charge in [-0.25, -0.2) is 0 Å². The highest BCUT2D eigenvalue weighted by atomic mass is 16.5. The quantitative estimate of drug-likeness (QED) is 0.823. The molecule has 0 bridgehead atoms.